The Labute approximate surface area is 87.5 Å². The third-order valence-electron chi connectivity index (χ3n) is 7.34. The Morgan fingerprint density at radius 1 is 1.07 bits per heavy atom. The summed E-state index contributed by atoms with van der Waals surface area (Å²) in [7, 11) is 0. The van der Waals surface area contributed by atoms with Crippen LogP contribution in [0.5, 0.6) is 0 Å². The third-order valence-corrected chi connectivity index (χ3v) is 7.34. The fourth-order valence-corrected chi connectivity index (χ4v) is 6.57. The van der Waals surface area contributed by atoms with Crippen LogP contribution >= 0.6 is 0 Å². The minimum absolute atomic E-state index is 0.704. The molecular formula is C14H22. The fraction of sp³-hybridized carbons (Fsp3) is 1.00. The minimum atomic E-state index is 0.704. The summed E-state index contributed by atoms with van der Waals surface area (Å²) in [6.45, 7) is 7.57. The molecule has 4 saturated carbocycles. The molecule has 0 radical (unpaired) electrons. The van der Waals surface area contributed by atoms with Crippen molar-refractivity contribution in [2.75, 3.05) is 0 Å². The molecule has 0 aromatic heterocycles. The Hall–Kier alpha value is 0. The summed E-state index contributed by atoms with van der Waals surface area (Å²) in [5.41, 5.74) is 2.44. The van der Waals surface area contributed by atoms with Crippen LogP contribution in [0.2, 0.25) is 0 Å². The van der Waals surface area contributed by atoms with E-state index in [-0.39, 0.29) is 0 Å². The van der Waals surface area contributed by atoms with Gasteiger partial charge in [-0.1, -0.05) is 20.8 Å². The first-order valence-corrected chi connectivity index (χ1v) is 6.57. The molecule has 0 nitrogen and oxygen atoms in total. The van der Waals surface area contributed by atoms with Crippen LogP contribution in [0.15, 0.2) is 0 Å². The number of hydrogen-bond acceptors (Lipinski definition) is 0. The van der Waals surface area contributed by atoms with Gasteiger partial charge in [0.2, 0.25) is 0 Å². The maximum atomic E-state index is 2.56. The fourth-order valence-electron chi connectivity index (χ4n) is 6.57. The molecule has 0 heterocycles. The molecule has 0 amide bonds. The summed E-state index contributed by atoms with van der Waals surface area (Å²) < 4.78 is 0. The molecular weight excluding hydrogens is 168 g/mol. The zero-order valence-corrected chi connectivity index (χ0v) is 9.77. The summed E-state index contributed by atoms with van der Waals surface area (Å²) in [4.78, 5) is 0. The highest BCUT2D eigenvalue weighted by atomic mass is 14.9. The Morgan fingerprint density at radius 2 is 1.79 bits per heavy atom. The summed E-state index contributed by atoms with van der Waals surface area (Å²) >= 11 is 0. The standard InChI is InChI=1S/C14H22/c1-4-13-6-9-5-11-12(2,3)10(7-13)8-14(9,11)13/h9-11H,4-8H2,1-3H3. The highest BCUT2D eigenvalue weighted by Crippen LogP contribution is 2.90. The van der Waals surface area contributed by atoms with Gasteiger partial charge in [0, 0.05) is 0 Å². The summed E-state index contributed by atoms with van der Waals surface area (Å²) in [5.74, 6) is 3.37. The molecule has 1 spiro atoms. The number of fused-ring (bicyclic) bond motifs is 1. The molecule has 0 aromatic rings. The van der Waals surface area contributed by atoms with Crippen molar-refractivity contribution >= 4 is 0 Å². The van der Waals surface area contributed by atoms with Crippen LogP contribution in [0.4, 0.5) is 0 Å². The van der Waals surface area contributed by atoms with E-state index in [1.807, 2.05) is 0 Å². The molecule has 5 atom stereocenters. The molecule has 0 aliphatic heterocycles. The molecule has 4 aliphatic carbocycles. The van der Waals surface area contributed by atoms with Gasteiger partial charge in [-0.3, -0.25) is 0 Å². The second-order valence-corrected chi connectivity index (χ2v) is 7.29. The van der Waals surface area contributed by atoms with Crippen LogP contribution < -0.4 is 0 Å². The zero-order chi connectivity index (χ0) is 9.77. The molecule has 5 unspecified atom stereocenters. The van der Waals surface area contributed by atoms with Gasteiger partial charge in [0.1, 0.15) is 0 Å². The van der Waals surface area contributed by atoms with Crippen molar-refractivity contribution in [2.24, 2.45) is 34.0 Å². The van der Waals surface area contributed by atoms with Crippen molar-refractivity contribution in [2.45, 2.75) is 52.9 Å². The molecule has 4 aliphatic rings. The first kappa shape index (κ1) is 8.19. The molecule has 4 rings (SSSR count). The Kier molecular flexibility index (Phi) is 1.07. The van der Waals surface area contributed by atoms with Gasteiger partial charge in [-0.25, -0.2) is 0 Å². The van der Waals surface area contributed by atoms with Gasteiger partial charge in [0.05, 0.1) is 0 Å². The van der Waals surface area contributed by atoms with Crippen LogP contribution in [-0.4, -0.2) is 0 Å². The number of rotatable bonds is 1. The van der Waals surface area contributed by atoms with Crippen molar-refractivity contribution in [3.8, 4) is 0 Å². The Balaban J connectivity index is 1.85. The van der Waals surface area contributed by atoms with Crippen molar-refractivity contribution in [3.05, 3.63) is 0 Å². The molecule has 78 valence electrons. The van der Waals surface area contributed by atoms with Gasteiger partial charge < -0.3 is 0 Å². The van der Waals surface area contributed by atoms with Crippen molar-refractivity contribution in [1.82, 2.24) is 0 Å². The van der Waals surface area contributed by atoms with E-state index in [0.717, 1.165) is 22.7 Å². The summed E-state index contributed by atoms with van der Waals surface area (Å²) in [5, 5.41) is 0. The lowest BCUT2D eigenvalue weighted by atomic mass is 9.29. The lowest BCUT2D eigenvalue weighted by Gasteiger charge is -2.75. The van der Waals surface area contributed by atoms with Crippen LogP contribution in [0.3, 0.4) is 0 Å². The van der Waals surface area contributed by atoms with E-state index in [2.05, 4.69) is 20.8 Å². The lowest BCUT2D eigenvalue weighted by Crippen LogP contribution is -2.69. The van der Waals surface area contributed by atoms with E-state index >= 15 is 0 Å². The second-order valence-electron chi connectivity index (χ2n) is 7.29. The van der Waals surface area contributed by atoms with Gasteiger partial charge in [0.25, 0.3) is 0 Å². The van der Waals surface area contributed by atoms with Crippen molar-refractivity contribution in [1.29, 1.82) is 0 Å². The first-order valence-electron chi connectivity index (χ1n) is 6.57. The maximum absolute atomic E-state index is 2.56. The van der Waals surface area contributed by atoms with Crippen LogP contribution in [0, 0.1) is 34.0 Å². The van der Waals surface area contributed by atoms with E-state index in [4.69, 9.17) is 0 Å². The van der Waals surface area contributed by atoms with Gasteiger partial charge in [-0.2, -0.15) is 0 Å². The molecule has 4 fully saturated rings. The van der Waals surface area contributed by atoms with E-state index in [1.165, 1.54) is 12.3 Å². The third kappa shape index (κ3) is 0.480. The predicted molar refractivity (Wildman–Crippen MR) is 57.9 cm³/mol. The first-order chi connectivity index (χ1) is 6.57. The van der Waals surface area contributed by atoms with E-state index in [9.17, 15) is 0 Å². The highest BCUT2D eigenvalue weighted by molar-refractivity contribution is 5.31. The predicted octanol–water partition coefficient (Wildman–Crippen LogP) is 3.86. The molecule has 0 saturated heterocycles. The topological polar surface area (TPSA) is 0 Å². The summed E-state index contributed by atoms with van der Waals surface area (Å²) in [6.07, 6.45) is 7.87. The Bertz CT molecular complexity index is 314. The SMILES string of the molecule is CCC12CC3CC14C(CC4C3(C)C)C2. The molecule has 0 N–H and O–H groups in total. The van der Waals surface area contributed by atoms with E-state index in [1.54, 1.807) is 25.7 Å². The van der Waals surface area contributed by atoms with E-state index < -0.39 is 0 Å². The van der Waals surface area contributed by atoms with Crippen LogP contribution in [0.1, 0.15) is 52.9 Å². The maximum Gasteiger partial charge on any atom is -0.0176 e. The quantitative estimate of drug-likeness (QED) is 0.589. The largest absolute Gasteiger partial charge is 0.0648 e. The second kappa shape index (κ2) is 1.83. The molecule has 0 heteroatoms. The molecule has 2 bridgehead atoms. The average Bonchev–Trinajstić information content (AvgIpc) is 2.54. The van der Waals surface area contributed by atoms with Crippen molar-refractivity contribution < 1.29 is 0 Å². The molecule has 0 aromatic carbocycles. The average molecular weight is 190 g/mol. The Morgan fingerprint density at radius 3 is 2.36 bits per heavy atom. The van der Waals surface area contributed by atoms with Gasteiger partial charge in [-0.05, 0) is 66.1 Å². The minimum Gasteiger partial charge on any atom is -0.0648 e. The zero-order valence-electron chi connectivity index (χ0n) is 9.77. The van der Waals surface area contributed by atoms with Gasteiger partial charge in [-0.15, -0.1) is 0 Å². The lowest BCUT2D eigenvalue weighted by molar-refractivity contribution is -0.273. The van der Waals surface area contributed by atoms with E-state index in [0.29, 0.717) is 5.41 Å². The monoisotopic (exact) mass is 190 g/mol. The van der Waals surface area contributed by atoms with Crippen molar-refractivity contribution in [3.63, 3.8) is 0 Å². The van der Waals surface area contributed by atoms with Crippen LogP contribution in [-0.2, 0) is 0 Å². The number of hydrogen-bond donors (Lipinski definition) is 0. The van der Waals surface area contributed by atoms with Crippen LogP contribution in [0.25, 0.3) is 0 Å². The normalized spacial score (nSPS) is 65.8. The highest BCUT2D eigenvalue weighted by Gasteiger charge is 2.83. The molecule has 14 heavy (non-hydrogen) atoms. The van der Waals surface area contributed by atoms with Gasteiger partial charge >= 0.3 is 0 Å². The summed E-state index contributed by atoms with van der Waals surface area (Å²) in [6, 6.07) is 0. The smallest absolute Gasteiger partial charge is 0.0176 e. The van der Waals surface area contributed by atoms with Gasteiger partial charge in [0.15, 0.2) is 0 Å².